The number of aliphatic hydroxyl groups excluding tert-OH is 1. The highest BCUT2D eigenvalue weighted by atomic mass is 19.1. The lowest BCUT2D eigenvalue weighted by Crippen LogP contribution is -2.66. The third-order valence-electron chi connectivity index (χ3n) is 7.02. The SMILES string of the molecule is N#Cc1cc(C(O)F)ccc1Cc1cccc2c1C[C@]21CC(=O)N(C2CCOCC2)C(=O)N1. The van der Waals surface area contributed by atoms with Gasteiger partial charge < -0.3 is 15.2 Å². The standard InChI is InChI=1S/C25H24FN3O4/c26-23(31)17-5-4-15(18(11-17)14-27)10-16-2-1-3-21-20(16)12-25(21)13-22(30)29(24(32)28-25)19-6-8-33-9-7-19/h1-5,11,19,23,31H,6-10,12-13H2,(H,28,32)/t23?,25-/m0/s1. The van der Waals surface area contributed by atoms with E-state index in [1.165, 1.54) is 17.0 Å². The van der Waals surface area contributed by atoms with Crippen LogP contribution in [0.1, 0.15) is 59.0 Å². The first-order valence-electron chi connectivity index (χ1n) is 11.1. The number of hydrogen-bond acceptors (Lipinski definition) is 5. The molecule has 2 saturated heterocycles. The Balaban J connectivity index is 1.38. The Labute approximate surface area is 190 Å². The van der Waals surface area contributed by atoms with Crippen LogP contribution in [-0.2, 0) is 27.9 Å². The fraction of sp³-hybridized carbons (Fsp3) is 0.400. The summed E-state index contributed by atoms with van der Waals surface area (Å²) in [5.74, 6) is -0.158. The van der Waals surface area contributed by atoms with Crippen molar-refractivity contribution in [2.24, 2.45) is 0 Å². The zero-order valence-corrected chi connectivity index (χ0v) is 18.0. The van der Waals surface area contributed by atoms with E-state index in [1.54, 1.807) is 6.07 Å². The molecule has 5 rings (SSSR count). The number of imide groups is 1. The molecule has 8 heteroatoms. The number of urea groups is 1. The summed E-state index contributed by atoms with van der Waals surface area (Å²) < 4.78 is 18.6. The van der Waals surface area contributed by atoms with E-state index in [9.17, 15) is 19.2 Å². The average Bonchev–Trinajstić information content (AvgIpc) is 2.80. The molecule has 7 nitrogen and oxygen atoms in total. The molecule has 3 amide bonds. The lowest BCUT2D eigenvalue weighted by molar-refractivity contribution is -0.136. The molecule has 0 bridgehead atoms. The number of nitriles is 1. The first-order valence-corrected chi connectivity index (χ1v) is 11.1. The number of carbonyl (C=O) groups is 2. The van der Waals surface area contributed by atoms with E-state index >= 15 is 0 Å². The summed E-state index contributed by atoms with van der Waals surface area (Å²) in [6, 6.07) is 11.9. The molecule has 1 aliphatic carbocycles. The summed E-state index contributed by atoms with van der Waals surface area (Å²) >= 11 is 0. The minimum absolute atomic E-state index is 0.0489. The van der Waals surface area contributed by atoms with E-state index < -0.39 is 11.9 Å². The third kappa shape index (κ3) is 3.67. The molecule has 170 valence electrons. The molecule has 2 N–H and O–H groups in total. The Morgan fingerprint density at radius 3 is 2.70 bits per heavy atom. The van der Waals surface area contributed by atoms with Crippen LogP contribution in [0.4, 0.5) is 9.18 Å². The number of fused-ring (bicyclic) bond motifs is 2. The number of halogens is 1. The Morgan fingerprint density at radius 1 is 1.21 bits per heavy atom. The molecule has 1 spiro atoms. The summed E-state index contributed by atoms with van der Waals surface area (Å²) in [4.78, 5) is 27.3. The molecular formula is C25H24FN3O4. The molecule has 2 aromatic rings. The van der Waals surface area contributed by atoms with Gasteiger partial charge in [0.25, 0.3) is 0 Å². The van der Waals surface area contributed by atoms with Crippen molar-refractivity contribution in [2.45, 2.75) is 50.0 Å². The maximum Gasteiger partial charge on any atom is 0.325 e. The molecule has 0 aromatic heterocycles. The van der Waals surface area contributed by atoms with Crippen LogP contribution in [0.3, 0.4) is 0 Å². The van der Waals surface area contributed by atoms with Gasteiger partial charge in [0.15, 0.2) is 0 Å². The molecule has 2 aromatic carbocycles. The van der Waals surface area contributed by atoms with Crippen LogP contribution in [0.5, 0.6) is 0 Å². The van der Waals surface area contributed by atoms with Crippen molar-refractivity contribution < 1.29 is 23.8 Å². The lowest BCUT2D eigenvalue weighted by Gasteiger charge is -2.50. The van der Waals surface area contributed by atoms with Gasteiger partial charge in [-0.2, -0.15) is 5.26 Å². The lowest BCUT2D eigenvalue weighted by atomic mass is 9.65. The molecule has 0 radical (unpaired) electrons. The van der Waals surface area contributed by atoms with Gasteiger partial charge in [0, 0.05) is 31.2 Å². The number of rotatable bonds is 4. The van der Waals surface area contributed by atoms with E-state index in [1.807, 2.05) is 18.2 Å². The summed E-state index contributed by atoms with van der Waals surface area (Å²) in [6.07, 6.45) is 0.413. The van der Waals surface area contributed by atoms with Gasteiger partial charge in [-0.1, -0.05) is 30.3 Å². The number of carbonyl (C=O) groups excluding carboxylic acids is 2. The molecule has 2 fully saturated rings. The number of alkyl halides is 1. The molecule has 2 atom stereocenters. The first kappa shape index (κ1) is 21.6. The normalized spacial score (nSPS) is 23.5. The van der Waals surface area contributed by atoms with Gasteiger partial charge in [0.05, 0.1) is 23.6 Å². The Morgan fingerprint density at radius 2 is 2.00 bits per heavy atom. The highest BCUT2D eigenvalue weighted by molar-refractivity contribution is 5.99. The molecule has 1 unspecified atom stereocenters. The Kier molecular flexibility index (Phi) is 5.39. The number of amides is 3. The number of hydrogen-bond donors (Lipinski definition) is 2. The quantitative estimate of drug-likeness (QED) is 0.747. The second-order valence-electron chi connectivity index (χ2n) is 8.96. The predicted octanol–water partition coefficient (Wildman–Crippen LogP) is 2.98. The zero-order valence-electron chi connectivity index (χ0n) is 18.0. The van der Waals surface area contributed by atoms with E-state index in [-0.39, 0.29) is 30.0 Å². The van der Waals surface area contributed by atoms with Crippen molar-refractivity contribution in [3.8, 4) is 6.07 Å². The van der Waals surface area contributed by atoms with Crippen LogP contribution in [-0.4, -0.2) is 41.2 Å². The fourth-order valence-electron chi connectivity index (χ4n) is 5.30. The molecule has 3 aliphatic rings. The van der Waals surface area contributed by atoms with Crippen molar-refractivity contribution in [2.75, 3.05) is 13.2 Å². The number of nitrogens with zero attached hydrogens (tertiary/aromatic N) is 2. The topological polar surface area (TPSA) is 103 Å². The molecule has 0 saturated carbocycles. The van der Waals surface area contributed by atoms with Crippen LogP contribution in [0.25, 0.3) is 0 Å². The van der Waals surface area contributed by atoms with Crippen LogP contribution in [0.2, 0.25) is 0 Å². The summed E-state index contributed by atoms with van der Waals surface area (Å²) in [7, 11) is 0. The Hall–Kier alpha value is -3.28. The largest absolute Gasteiger partial charge is 0.381 e. The summed E-state index contributed by atoms with van der Waals surface area (Å²) in [6.45, 7) is 1.10. The Bertz CT molecular complexity index is 1150. The number of nitrogens with one attached hydrogen (secondary N) is 1. The summed E-state index contributed by atoms with van der Waals surface area (Å²) in [5, 5.41) is 21.7. The number of aliphatic hydroxyl groups is 1. The maximum atomic E-state index is 13.2. The van der Waals surface area contributed by atoms with Crippen molar-refractivity contribution in [3.63, 3.8) is 0 Å². The monoisotopic (exact) mass is 449 g/mol. The first-order chi connectivity index (χ1) is 15.9. The minimum Gasteiger partial charge on any atom is -0.381 e. The van der Waals surface area contributed by atoms with Gasteiger partial charge in [-0.3, -0.25) is 9.69 Å². The number of ether oxygens (including phenoxy) is 1. The van der Waals surface area contributed by atoms with Crippen LogP contribution in [0, 0.1) is 11.3 Å². The highest BCUT2D eigenvalue weighted by Gasteiger charge is 2.52. The van der Waals surface area contributed by atoms with Crippen LogP contribution < -0.4 is 5.32 Å². The molecule has 2 aliphatic heterocycles. The molecule has 2 heterocycles. The van der Waals surface area contributed by atoms with Crippen molar-refractivity contribution in [1.29, 1.82) is 5.26 Å². The minimum atomic E-state index is -2.13. The van der Waals surface area contributed by atoms with Crippen molar-refractivity contribution in [1.82, 2.24) is 10.2 Å². The van der Waals surface area contributed by atoms with E-state index in [4.69, 9.17) is 9.84 Å². The van der Waals surface area contributed by atoms with E-state index in [0.717, 1.165) is 22.3 Å². The fourth-order valence-corrected chi connectivity index (χ4v) is 5.30. The highest BCUT2D eigenvalue weighted by Crippen LogP contribution is 2.46. The smallest absolute Gasteiger partial charge is 0.325 e. The third-order valence-corrected chi connectivity index (χ3v) is 7.02. The summed E-state index contributed by atoms with van der Waals surface area (Å²) in [5.41, 5.74) is 3.38. The van der Waals surface area contributed by atoms with E-state index in [0.29, 0.717) is 44.5 Å². The van der Waals surface area contributed by atoms with Crippen molar-refractivity contribution >= 4 is 11.9 Å². The van der Waals surface area contributed by atoms with Gasteiger partial charge in [-0.05, 0) is 47.6 Å². The second-order valence-corrected chi connectivity index (χ2v) is 8.96. The van der Waals surface area contributed by atoms with Gasteiger partial charge in [0.2, 0.25) is 12.3 Å². The zero-order chi connectivity index (χ0) is 23.2. The van der Waals surface area contributed by atoms with Crippen molar-refractivity contribution in [3.05, 3.63) is 69.8 Å². The second kappa shape index (κ2) is 8.25. The molecule has 33 heavy (non-hydrogen) atoms. The average molecular weight is 449 g/mol. The van der Waals surface area contributed by atoms with Gasteiger partial charge in [-0.15, -0.1) is 0 Å². The molecular weight excluding hydrogens is 425 g/mol. The van der Waals surface area contributed by atoms with Crippen LogP contribution >= 0.6 is 0 Å². The van der Waals surface area contributed by atoms with Crippen LogP contribution in [0.15, 0.2) is 36.4 Å². The predicted molar refractivity (Wildman–Crippen MR) is 116 cm³/mol. The van der Waals surface area contributed by atoms with E-state index in [2.05, 4.69) is 11.4 Å². The van der Waals surface area contributed by atoms with Gasteiger partial charge in [0.1, 0.15) is 0 Å². The number of benzene rings is 2. The maximum absolute atomic E-state index is 13.2. The van der Waals surface area contributed by atoms with Gasteiger partial charge >= 0.3 is 6.03 Å². The van der Waals surface area contributed by atoms with Gasteiger partial charge in [-0.25, -0.2) is 9.18 Å².